The van der Waals surface area contributed by atoms with E-state index in [0.29, 0.717) is 16.7 Å². The summed E-state index contributed by atoms with van der Waals surface area (Å²) in [4.78, 5) is 3.14. The van der Waals surface area contributed by atoms with Gasteiger partial charge in [0.15, 0.2) is 5.69 Å². The van der Waals surface area contributed by atoms with Crippen LogP contribution in [-0.2, 0) is 0 Å². The van der Waals surface area contributed by atoms with Crippen molar-refractivity contribution in [1.29, 1.82) is 5.26 Å². The van der Waals surface area contributed by atoms with Crippen LogP contribution in [0.2, 0.25) is 0 Å². The molecular weight excluding hydrogens is 670 g/mol. The third-order valence-corrected chi connectivity index (χ3v) is 5.89. The van der Waals surface area contributed by atoms with Gasteiger partial charge in [-0.05, 0) is 81.6 Å². The van der Waals surface area contributed by atoms with Gasteiger partial charge >= 0.3 is 7.12 Å². The van der Waals surface area contributed by atoms with Crippen LogP contribution in [0.15, 0.2) is 106 Å². The van der Waals surface area contributed by atoms with Crippen LogP contribution in [-0.4, -0.2) is 17.2 Å². The first-order chi connectivity index (χ1) is 16.3. The minimum atomic E-state index is -1.49. The Hall–Kier alpha value is -2.47. The average molecular weight is 688 g/mol. The fraction of sp³-hybridized carbons (Fsp3) is 0. The molecule has 0 saturated heterocycles. The average Bonchev–Trinajstić information content (AvgIpc) is 2.85. The number of nitrogens with zero attached hydrogens (tertiary/aromatic N) is 2. The summed E-state index contributed by atoms with van der Waals surface area (Å²) < 4.78 is 3.45. The zero-order chi connectivity index (χ0) is 24.9. The van der Waals surface area contributed by atoms with E-state index in [1.165, 1.54) is 9.64 Å². The molecule has 168 valence electrons. The Labute approximate surface area is 230 Å². The van der Waals surface area contributed by atoms with Crippen LogP contribution >= 0.6 is 54.5 Å². The van der Waals surface area contributed by atoms with E-state index in [2.05, 4.69) is 77.5 Å². The number of hydrogen-bond acceptors (Lipinski definition) is 3. The summed E-state index contributed by atoms with van der Waals surface area (Å²) in [6.07, 6.45) is 0. The summed E-state index contributed by atoms with van der Waals surface area (Å²) in [6.45, 7) is 6.64. The molecule has 0 heterocycles. The molecule has 0 amide bonds. The van der Waals surface area contributed by atoms with Crippen LogP contribution < -0.4 is 5.46 Å². The minimum absolute atomic E-state index is 0.346. The second-order valence-electron chi connectivity index (χ2n) is 6.72. The summed E-state index contributed by atoms with van der Waals surface area (Å²) in [5.41, 5.74) is 3.62. The zero-order valence-electron chi connectivity index (χ0n) is 17.7. The van der Waals surface area contributed by atoms with Gasteiger partial charge in [-0.15, -0.1) is 0 Å². The van der Waals surface area contributed by atoms with Crippen molar-refractivity contribution in [2.45, 2.75) is 0 Å². The Kier molecular flexibility index (Phi) is 12.0. The van der Waals surface area contributed by atoms with Gasteiger partial charge in [-0.25, -0.2) is 4.85 Å². The molecule has 8 heteroatoms. The summed E-state index contributed by atoms with van der Waals surface area (Å²) >= 11 is 9.06. The predicted molar refractivity (Wildman–Crippen MR) is 154 cm³/mol. The fourth-order valence-electron chi connectivity index (χ4n) is 2.65. The van der Waals surface area contributed by atoms with E-state index < -0.39 is 7.12 Å². The van der Waals surface area contributed by atoms with E-state index in [0.717, 1.165) is 20.1 Å². The van der Waals surface area contributed by atoms with Crippen LogP contribution in [0.25, 0.3) is 16.0 Å². The van der Waals surface area contributed by atoms with E-state index in [4.69, 9.17) is 21.9 Å². The Morgan fingerprint density at radius 3 is 1.91 bits per heavy atom. The van der Waals surface area contributed by atoms with Gasteiger partial charge in [0.05, 0.1) is 18.2 Å². The first kappa shape index (κ1) is 27.8. The highest BCUT2D eigenvalue weighted by atomic mass is 127. The summed E-state index contributed by atoms with van der Waals surface area (Å²) in [6, 6.07) is 32.2. The summed E-state index contributed by atoms with van der Waals surface area (Å²) in [5.74, 6) is 0. The number of nitriles is 1. The van der Waals surface area contributed by atoms with Gasteiger partial charge in [-0.1, -0.05) is 86.5 Å². The third kappa shape index (κ3) is 9.80. The largest absolute Gasteiger partial charge is 0.487 e. The number of rotatable bonds is 2. The summed E-state index contributed by atoms with van der Waals surface area (Å²) in [5, 5.41) is 26.2. The predicted octanol–water partition coefficient (Wildman–Crippen LogP) is 6.96. The molecular formula is C26H18BBr2IN2O2. The van der Waals surface area contributed by atoms with Gasteiger partial charge in [-0.2, -0.15) is 5.26 Å². The lowest BCUT2D eigenvalue weighted by molar-refractivity contribution is 0.426. The van der Waals surface area contributed by atoms with Crippen molar-refractivity contribution in [3.63, 3.8) is 0 Å². The van der Waals surface area contributed by atoms with Crippen molar-refractivity contribution in [1.82, 2.24) is 0 Å². The monoisotopic (exact) mass is 686 g/mol. The van der Waals surface area contributed by atoms with Crippen molar-refractivity contribution in [3.05, 3.63) is 127 Å². The molecule has 0 aromatic heterocycles. The van der Waals surface area contributed by atoms with Gasteiger partial charge in [0.2, 0.25) is 0 Å². The molecule has 0 spiro atoms. The quantitative estimate of drug-likeness (QED) is 0.136. The second kappa shape index (κ2) is 14.7. The molecule has 0 aliphatic carbocycles. The van der Waals surface area contributed by atoms with E-state index in [1.807, 2.05) is 60.7 Å². The van der Waals surface area contributed by atoms with Crippen LogP contribution in [0.1, 0.15) is 5.56 Å². The Balaban J connectivity index is 0.000000190. The number of hydrogen-bond donors (Lipinski definition) is 2. The second-order valence-corrected chi connectivity index (χ2v) is 9.80. The highest BCUT2D eigenvalue weighted by Gasteiger charge is 2.09. The fourth-order valence-corrected chi connectivity index (χ4v) is 4.42. The van der Waals surface area contributed by atoms with Gasteiger partial charge in [0.25, 0.3) is 0 Å². The standard InChI is InChI=1S/C13H8BrN.C7H6BNO2.C6H4BrI/c14-13-6-2-5-12(8-13)11-4-1-3-10(7-11)9-15;1-9-7-4-2-3-6(5-7)8(10)11;7-5-2-1-3-6(8)4-5/h1-8H;2-5,10-11H;1-4H. The Morgan fingerprint density at radius 2 is 1.38 bits per heavy atom. The molecule has 4 nitrogen and oxygen atoms in total. The molecule has 0 radical (unpaired) electrons. The molecule has 0 aliphatic rings. The Bertz CT molecular complexity index is 1300. The van der Waals surface area contributed by atoms with Gasteiger partial charge in [0.1, 0.15) is 0 Å². The molecule has 0 atom stereocenters. The van der Waals surface area contributed by atoms with Crippen LogP contribution in [0.4, 0.5) is 5.69 Å². The van der Waals surface area contributed by atoms with Crippen molar-refractivity contribution >= 4 is 72.7 Å². The zero-order valence-corrected chi connectivity index (χ0v) is 23.1. The number of benzene rings is 4. The molecule has 0 saturated carbocycles. The molecule has 0 unspecified atom stereocenters. The van der Waals surface area contributed by atoms with Crippen molar-refractivity contribution < 1.29 is 10.0 Å². The van der Waals surface area contributed by atoms with E-state index >= 15 is 0 Å². The molecule has 34 heavy (non-hydrogen) atoms. The van der Waals surface area contributed by atoms with Gasteiger partial charge < -0.3 is 10.0 Å². The SMILES string of the molecule is Brc1cccc(I)c1.N#Cc1cccc(-c2cccc(Br)c2)c1.[C-]#[N+]c1cccc(B(O)O)c1. The maximum atomic E-state index is 8.80. The first-order valence-electron chi connectivity index (χ1n) is 9.83. The first-order valence-corrected chi connectivity index (χ1v) is 12.5. The third-order valence-electron chi connectivity index (χ3n) is 4.23. The normalized spacial score (nSPS) is 9.26. The van der Waals surface area contributed by atoms with Crippen LogP contribution in [0.5, 0.6) is 0 Å². The molecule has 4 rings (SSSR count). The molecule has 4 aromatic rings. The van der Waals surface area contributed by atoms with Crippen LogP contribution in [0, 0.1) is 21.5 Å². The molecule has 0 aliphatic heterocycles. The maximum absolute atomic E-state index is 8.80. The van der Waals surface area contributed by atoms with Crippen molar-refractivity contribution in [2.24, 2.45) is 0 Å². The van der Waals surface area contributed by atoms with Crippen molar-refractivity contribution in [2.75, 3.05) is 0 Å². The topological polar surface area (TPSA) is 68.6 Å². The lowest BCUT2D eigenvalue weighted by Crippen LogP contribution is -2.29. The minimum Gasteiger partial charge on any atom is -0.423 e. The van der Waals surface area contributed by atoms with Crippen LogP contribution in [0.3, 0.4) is 0 Å². The molecule has 0 bridgehead atoms. The van der Waals surface area contributed by atoms with Crippen molar-refractivity contribution in [3.8, 4) is 17.2 Å². The van der Waals surface area contributed by atoms with Gasteiger partial charge in [-0.3, -0.25) is 0 Å². The lowest BCUT2D eigenvalue weighted by atomic mass is 9.80. The van der Waals surface area contributed by atoms with E-state index in [1.54, 1.807) is 18.2 Å². The summed E-state index contributed by atoms with van der Waals surface area (Å²) in [7, 11) is -1.49. The Morgan fingerprint density at radius 1 is 0.794 bits per heavy atom. The molecule has 2 N–H and O–H groups in total. The van der Waals surface area contributed by atoms with E-state index in [-0.39, 0.29) is 0 Å². The van der Waals surface area contributed by atoms with E-state index in [9.17, 15) is 0 Å². The highest BCUT2D eigenvalue weighted by molar-refractivity contribution is 14.1. The smallest absolute Gasteiger partial charge is 0.423 e. The molecule has 4 aromatic carbocycles. The maximum Gasteiger partial charge on any atom is 0.487 e. The molecule has 0 fully saturated rings. The highest BCUT2D eigenvalue weighted by Crippen LogP contribution is 2.23. The lowest BCUT2D eigenvalue weighted by Gasteiger charge is -2.02. The van der Waals surface area contributed by atoms with Gasteiger partial charge in [0, 0.05) is 12.5 Å². The number of halogens is 3.